The number of nitrogens with one attached hydrogen (secondary N) is 1. The quantitative estimate of drug-likeness (QED) is 0.915. The van der Waals surface area contributed by atoms with E-state index in [9.17, 15) is 4.39 Å². The molecular weight excluding hydrogens is 265 g/mol. The summed E-state index contributed by atoms with van der Waals surface area (Å²) in [7, 11) is 0. The Kier molecular flexibility index (Phi) is 3.30. The molecule has 1 N–H and O–H groups in total. The van der Waals surface area contributed by atoms with Crippen LogP contribution < -0.4 is 10.1 Å². The molecule has 2 aromatic rings. The number of rotatable bonds is 3. The zero-order chi connectivity index (χ0) is 13.2. The first-order chi connectivity index (χ1) is 9.24. The minimum Gasteiger partial charge on any atom is -0.489 e. The van der Waals surface area contributed by atoms with Gasteiger partial charge in [-0.15, -0.1) is 0 Å². The van der Waals surface area contributed by atoms with Gasteiger partial charge in [0.05, 0.1) is 5.02 Å². The van der Waals surface area contributed by atoms with Crippen molar-refractivity contribution in [3.8, 4) is 5.75 Å². The molecule has 1 aliphatic rings. The van der Waals surface area contributed by atoms with Crippen LogP contribution >= 0.6 is 11.6 Å². The van der Waals surface area contributed by atoms with Crippen molar-refractivity contribution in [2.45, 2.75) is 13.0 Å². The molecule has 0 fully saturated rings. The van der Waals surface area contributed by atoms with E-state index >= 15 is 0 Å². The molecule has 1 heterocycles. The van der Waals surface area contributed by atoms with Gasteiger partial charge in [-0.2, -0.15) is 0 Å². The molecule has 0 saturated carbocycles. The third kappa shape index (κ3) is 2.51. The highest BCUT2D eigenvalue weighted by Crippen LogP contribution is 2.28. The fraction of sp³-hybridized carbons (Fsp3) is 0.200. The molecule has 0 saturated heterocycles. The number of hydrogen-bond donors (Lipinski definition) is 1. The Balaban J connectivity index is 1.76. The second-order valence-corrected chi connectivity index (χ2v) is 4.89. The Bertz CT molecular complexity index is 595. The van der Waals surface area contributed by atoms with Gasteiger partial charge in [-0.3, -0.25) is 0 Å². The van der Waals surface area contributed by atoms with Crippen LogP contribution in [0, 0.1) is 5.82 Å². The maximum atomic E-state index is 13.6. The molecule has 0 radical (unpaired) electrons. The summed E-state index contributed by atoms with van der Waals surface area (Å²) in [6.07, 6.45) is 1.04. The molecule has 0 aromatic heterocycles. The summed E-state index contributed by atoms with van der Waals surface area (Å²) < 4.78 is 19.2. The van der Waals surface area contributed by atoms with E-state index in [1.807, 2.05) is 18.2 Å². The molecule has 4 heteroatoms. The summed E-state index contributed by atoms with van der Waals surface area (Å²) in [6.45, 7) is 1.09. The Morgan fingerprint density at radius 3 is 3.00 bits per heavy atom. The molecule has 0 amide bonds. The van der Waals surface area contributed by atoms with Gasteiger partial charge in [0.15, 0.2) is 0 Å². The third-order valence-corrected chi connectivity index (χ3v) is 3.59. The van der Waals surface area contributed by atoms with Crippen molar-refractivity contribution < 1.29 is 9.13 Å². The van der Waals surface area contributed by atoms with Crippen molar-refractivity contribution in [3.05, 3.63) is 58.4 Å². The van der Waals surface area contributed by atoms with Crippen LogP contribution in [0.15, 0.2) is 36.4 Å². The van der Waals surface area contributed by atoms with Crippen molar-refractivity contribution in [2.75, 3.05) is 11.9 Å². The molecular formula is C15H13ClFNO. The predicted molar refractivity (Wildman–Crippen MR) is 74.4 cm³/mol. The van der Waals surface area contributed by atoms with Gasteiger partial charge < -0.3 is 10.1 Å². The second kappa shape index (κ2) is 5.10. The van der Waals surface area contributed by atoms with Gasteiger partial charge in [-0.1, -0.05) is 23.7 Å². The highest BCUT2D eigenvalue weighted by Gasteiger charge is 2.12. The first-order valence-corrected chi connectivity index (χ1v) is 6.54. The molecule has 3 rings (SSSR count). The number of fused-ring (bicyclic) bond motifs is 1. The summed E-state index contributed by atoms with van der Waals surface area (Å²) in [4.78, 5) is 0. The number of anilines is 1. The fourth-order valence-corrected chi connectivity index (χ4v) is 2.40. The topological polar surface area (TPSA) is 21.3 Å². The van der Waals surface area contributed by atoms with Crippen LogP contribution in [0.3, 0.4) is 0 Å². The maximum absolute atomic E-state index is 13.6. The van der Waals surface area contributed by atoms with Gasteiger partial charge in [0.1, 0.15) is 18.2 Å². The zero-order valence-electron chi connectivity index (χ0n) is 10.2. The average molecular weight is 278 g/mol. The summed E-state index contributed by atoms with van der Waals surface area (Å²) in [5.41, 5.74) is 2.77. The van der Waals surface area contributed by atoms with Crippen LogP contribution in [0.1, 0.15) is 11.1 Å². The lowest BCUT2D eigenvalue weighted by molar-refractivity contribution is 0.300. The zero-order valence-corrected chi connectivity index (χ0v) is 11.0. The molecule has 0 atom stereocenters. The molecule has 0 unspecified atom stereocenters. The molecule has 1 aliphatic heterocycles. The Morgan fingerprint density at radius 2 is 2.16 bits per heavy atom. The normalized spacial score (nSPS) is 12.9. The van der Waals surface area contributed by atoms with Crippen molar-refractivity contribution in [2.24, 2.45) is 0 Å². The van der Waals surface area contributed by atoms with Gasteiger partial charge in [-0.25, -0.2) is 4.39 Å². The van der Waals surface area contributed by atoms with Gasteiger partial charge in [0.25, 0.3) is 0 Å². The third-order valence-electron chi connectivity index (χ3n) is 3.24. The van der Waals surface area contributed by atoms with Gasteiger partial charge in [0, 0.05) is 23.9 Å². The van der Waals surface area contributed by atoms with Crippen LogP contribution in [0.25, 0.3) is 0 Å². The van der Waals surface area contributed by atoms with Crippen LogP contribution in [-0.4, -0.2) is 6.54 Å². The molecule has 2 aromatic carbocycles. The number of halogens is 2. The van der Waals surface area contributed by atoms with E-state index in [1.54, 1.807) is 12.1 Å². The van der Waals surface area contributed by atoms with Crippen molar-refractivity contribution in [3.63, 3.8) is 0 Å². The molecule has 0 aliphatic carbocycles. The number of benzene rings is 2. The van der Waals surface area contributed by atoms with Crippen LogP contribution in [-0.2, 0) is 13.0 Å². The molecule has 2 nitrogen and oxygen atoms in total. The fourth-order valence-electron chi connectivity index (χ4n) is 2.19. The highest BCUT2D eigenvalue weighted by molar-refractivity contribution is 6.31. The van der Waals surface area contributed by atoms with Crippen LogP contribution in [0.4, 0.5) is 10.1 Å². The van der Waals surface area contributed by atoms with Gasteiger partial charge in [-0.05, 0) is 30.2 Å². The molecule has 19 heavy (non-hydrogen) atoms. The highest BCUT2D eigenvalue weighted by atomic mass is 35.5. The smallest absolute Gasteiger partial charge is 0.131 e. The van der Waals surface area contributed by atoms with E-state index in [0.29, 0.717) is 16.3 Å². The Hall–Kier alpha value is -1.74. The first-order valence-electron chi connectivity index (χ1n) is 6.16. The van der Waals surface area contributed by atoms with Crippen LogP contribution in [0.2, 0.25) is 5.02 Å². The van der Waals surface area contributed by atoms with Crippen molar-refractivity contribution in [1.29, 1.82) is 0 Å². The van der Waals surface area contributed by atoms with Gasteiger partial charge in [0.2, 0.25) is 0 Å². The summed E-state index contributed by atoms with van der Waals surface area (Å²) in [5, 5.41) is 3.67. The van der Waals surface area contributed by atoms with E-state index in [-0.39, 0.29) is 12.4 Å². The predicted octanol–water partition coefficient (Wildman–Crippen LogP) is 4.03. The van der Waals surface area contributed by atoms with Crippen molar-refractivity contribution in [1.82, 2.24) is 0 Å². The number of hydrogen-bond acceptors (Lipinski definition) is 2. The molecule has 98 valence electrons. The Morgan fingerprint density at radius 1 is 1.26 bits per heavy atom. The number of ether oxygens (including phenoxy) is 1. The summed E-state index contributed by atoms with van der Waals surface area (Å²) in [5.74, 6) is 0.374. The molecule has 0 spiro atoms. The average Bonchev–Trinajstić information content (AvgIpc) is 2.85. The van der Waals surface area contributed by atoms with Crippen molar-refractivity contribution >= 4 is 17.3 Å². The second-order valence-electron chi connectivity index (χ2n) is 4.48. The van der Waals surface area contributed by atoms with Gasteiger partial charge >= 0.3 is 0 Å². The minimum absolute atomic E-state index is 0.129. The van der Waals surface area contributed by atoms with E-state index in [2.05, 4.69) is 5.32 Å². The van der Waals surface area contributed by atoms with E-state index in [0.717, 1.165) is 18.7 Å². The lowest BCUT2D eigenvalue weighted by atomic mass is 10.1. The Labute approximate surface area is 116 Å². The van der Waals surface area contributed by atoms with E-state index in [4.69, 9.17) is 16.3 Å². The SMILES string of the molecule is Fc1cccc(Cl)c1COc1ccc2c(c1)NCC2. The standard InChI is InChI=1S/C15H13ClFNO/c16-13-2-1-3-14(17)12(13)9-19-11-5-4-10-6-7-18-15(10)8-11/h1-5,8,18H,6-7,9H2. The minimum atomic E-state index is -0.341. The van der Waals surface area contributed by atoms with E-state index < -0.39 is 0 Å². The maximum Gasteiger partial charge on any atom is 0.131 e. The lowest BCUT2D eigenvalue weighted by Gasteiger charge is -2.10. The monoisotopic (exact) mass is 277 g/mol. The molecule has 0 bridgehead atoms. The summed E-state index contributed by atoms with van der Waals surface area (Å²) in [6, 6.07) is 10.5. The van der Waals surface area contributed by atoms with Crippen LogP contribution in [0.5, 0.6) is 5.75 Å². The van der Waals surface area contributed by atoms with E-state index in [1.165, 1.54) is 11.6 Å². The lowest BCUT2D eigenvalue weighted by Crippen LogP contribution is -2.00. The first kappa shape index (κ1) is 12.3. The largest absolute Gasteiger partial charge is 0.489 e. The summed E-state index contributed by atoms with van der Waals surface area (Å²) >= 11 is 5.96.